The van der Waals surface area contributed by atoms with Crippen molar-refractivity contribution in [2.24, 2.45) is 5.41 Å². The van der Waals surface area contributed by atoms with E-state index in [1.165, 1.54) is 0 Å². The minimum absolute atomic E-state index is 0.292. The van der Waals surface area contributed by atoms with Crippen molar-refractivity contribution in [2.45, 2.75) is 39.2 Å². The number of benzene rings is 1. The van der Waals surface area contributed by atoms with E-state index >= 15 is 0 Å². The molecule has 1 aromatic carbocycles. The number of allylic oxidation sites excluding steroid dienone is 1. The third-order valence-electron chi connectivity index (χ3n) is 3.70. The van der Waals surface area contributed by atoms with E-state index in [4.69, 9.17) is 4.74 Å². The molecule has 0 radical (unpaired) electrons. The Labute approximate surface area is 137 Å². The Bertz CT molecular complexity index is 566. The lowest BCUT2D eigenvalue weighted by molar-refractivity contribution is -0.143. The summed E-state index contributed by atoms with van der Waals surface area (Å²) in [5.74, 6) is -0.608. The van der Waals surface area contributed by atoms with E-state index in [2.05, 4.69) is 11.9 Å². The van der Waals surface area contributed by atoms with Gasteiger partial charge in [0.2, 0.25) is 5.91 Å². The topological polar surface area (TPSA) is 75.6 Å². The van der Waals surface area contributed by atoms with Gasteiger partial charge in [-0.15, -0.1) is 6.58 Å². The minimum atomic E-state index is -1.03. The molecule has 23 heavy (non-hydrogen) atoms. The second-order valence-electron chi connectivity index (χ2n) is 6.10. The van der Waals surface area contributed by atoms with Crippen molar-refractivity contribution >= 4 is 11.9 Å². The third-order valence-corrected chi connectivity index (χ3v) is 3.70. The lowest BCUT2D eigenvalue weighted by atomic mass is 9.84. The van der Waals surface area contributed by atoms with Crippen LogP contribution in [0.5, 0.6) is 5.75 Å². The molecule has 0 bridgehead atoms. The first-order valence-corrected chi connectivity index (χ1v) is 7.58. The zero-order chi connectivity index (χ0) is 17.5. The molecule has 1 rings (SSSR count). The maximum atomic E-state index is 12.5. The lowest BCUT2D eigenvalue weighted by Crippen LogP contribution is -2.47. The molecule has 0 aliphatic carbocycles. The molecule has 0 saturated carbocycles. The highest BCUT2D eigenvalue weighted by Gasteiger charge is 2.32. The van der Waals surface area contributed by atoms with Gasteiger partial charge < -0.3 is 15.2 Å². The lowest BCUT2D eigenvalue weighted by Gasteiger charge is -2.26. The van der Waals surface area contributed by atoms with Gasteiger partial charge in [0.25, 0.3) is 0 Å². The predicted molar refractivity (Wildman–Crippen MR) is 89.5 cm³/mol. The van der Waals surface area contributed by atoms with Crippen molar-refractivity contribution in [3.8, 4) is 5.75 Å². The molecule has 5 heteroatoms. The molecular formula is C18H25NO4. The van der Waals surface area contributed by atoms with Crippen molar-refractivity contribution in [3.05, 3.63) is 42.5 Å². The highest BCUT2D eigenvalue weighted by molar-refractivity contribution is 5.87. The predicted octanol–water partition coefficient (Wildman–Crippen LogP) is 2.80. The van der Waals surface area contributed by atoms with E-state index in [-0.39, 0.29) is 5.91 Å². The number of ether oxygens (including phenoxy) is 1. The van der Waals surface area contributed by atoms with E-state index in [0.717, 1.165) is 11.3 Å². The van der Waals surface area contributed by atoms with Crippen LogP contribution in [0.25, 0.3) is 0 Å². The summed E-state index contributed by atoms with van der Waals surface area (Å²) in [6.07, 6.45) is 2.96. The number of nitrogens with one attached hydrogen (secondary N) is 1. The van der Waals surface area contributed by atoms with Crippen LogP contribution in [0.1, 0.15) is 32.3 Å². The number of hydrogen-bond acceptors (Lipinski definition) is 3. The van der Waals surface area contributed by atoms with E-state index in [1.54, 1.807) is 27.0 Å². The number of para-hydroxylation sites is 1. The fourth-order valence-electron chi connectivity index (χ4n) is 2.30. The summed E-state index contributed by atoms with van der Waals surface area (Å²) < 4.78 is 5.31. The van der Waals surface area contributed by atoms with E-state index < -0.39 is 17.4 Å². The Balaban J connectivity index is 2.83. The van der Waals surface area contributed by atoms with Crippen LogP contribution in [0.4, 0.5) is 0 Å². The molecule has 0 spiro atoms. The highest BCUT2D eigenvalue weighted by atomic mass is 16.5. The van der Waals surface area contributed by atoms with Crippen LogP contribution in [0.3, 0.4) is 0 Å². The normalized spacial score (nSPS) is 12.3. The first kappa shape index (κ1) is 18.7. The van der Waals surface area contributed by atoms with Crippen LogP contribution < -0.4 is 10.1 Å². The number of amides is 1. The number of methoxy groups -OCH3 is 1. The Morgan fingerprint density at radius 3 is 2.61 bits per heavy atom. The second kappa shape index (κ2) is 8.36. The number of carboxylic acid groups (broad SMARTS) is 1. The van der Waals surface area contributed by atoms with Crippen LogP contribution in [0, 0.1) is 5.41 Å². The molecule has 0 saturated heterocycles. The molecule has 0 fully saturated rings. The summed E-state index contributed by atoms with van der Waals surface area (Å²) in [4.78, 5) is 23.8. The summed E-state index contributed by atoms with van der Waals surface area (Å²) in [7, 11) is 1.58. The van der Waals surface area contributed by atoms with Crippen molar-refractivity contribution < 1.29 is 19.4 Å². The maximum Gasteiger partial charge on any atom is 0.326 e. The molecule has 0 aliphatic rings. The molecule has 0 aromatic heterocycles. The zero-order valence-corrected chi connectivity index (χ0v) is 14.0. The van der Waals surface area contributed by atoms with Crippen LogP contribution >= 0.6 is 0 Å². The van der Waals surface area contributed by atoms with Gasteiger partial charge in [-0.05, 0) is 30.9 Å². The molecule has 1 atom stereocenters. The first-order valence-electron chi connectivity index (χ1n) is 7.58. The van der Waals surface area contributed by atoms with Crippen molar-refractivity contribution in [1.82, 2.24) is 5.32 Å². The van der Waals surface area contributed by atoms with Gasteiger partial charge in [-0.25, -0.2) is 4.79 Å². The van der Waals surface area contributed by atoms with Gasteiger partial charge in [0.05, 0.1) is 7.11 Å². The van der Waals surface area contributed by atoms with Gasteiger partial charge in [-0.2, -0.15) is 0 Å². The molecule has 5 nitrogen and oxygen atoms in total. The smallest absolute Gasteiger partial charge is 0.326 e. The number of carboxylic acids is 1. The van der Waals surface area contributed by atoms with Gasteiger partial charge in [-0.1, -0.05) is 38.1 Å². The molecule has 2 N–H and O–H groups in total. The van der Waals surface area contributed by atoms with Crippen molar-refractivity contribution in [2.75, 3.05) is 7.11 Å². The minimum Gasteiger partial charge on any atom is -0.496 e. The second-order valence-corrected chi connectivity index (χ2v) is 6.10. The van der Waals surface area contributed by atoms with Gasteiger partial charge in [0.1, 0.15) is 11.8 Å². The molecule has 126 valence electrons. The third kappa shape index (κ3) is 5.43. The van der Waals surface area contributed by atoms with Crippen molar-refractivity contribution in [1.29, 1.82) is 0 Å². The zero-order valence-electron chi connectivity index (χ0n) is 14.0. The van der Waals surface area contributed by atoms with E-state index in [9.17, 15) is 14.7 Å². The van der Waals surface area contributed by atoms with E-state index in [1.807, 2.05) is 24.3 Å². The number of aliphatic carboxylic acids is 1. The molecule has 1 unspecified atom stereocenters. The standard InChI is InChI=1S/C18H25NO4/c1-5-6-10-14(16(20)21)19-17(22)18(2,3)12-13-9-7-8-11-15(13)23-4/h5,7-9,11,14H,1,6,10,12H2,2-4H3,(H,19,22)(H,20,21). The number of carbonyl (C=O) groups is 2. The number of hydrogen-bond donors (Lipinski definition) is 2. The molecular weight excluding hydrogens is 294 g/mol. The Kier molecular flexibility index (Phi) is 6.82. The molecule has 0 heterocycles. The summed E-state index contributed by atoms with van der Waals surface area (Å²) >= 11 is 0. The summed E-state index contributed by atoms with van der Waals surface area (Å²) in [5, 5.41) is 11.8. The molecule has 1 amide bonds. The highest BCUT2D eigenvalue weighted by Crippen LogP contribution is 2.28. The van der Waals surface area contributed by atoms with Gasteiger partial charge >= 0.3 is 5.97 Å². The Morgan fingerprint density at radius 2 is 2.04 bits per heavy atom. The Hall–Kier alpha value is -2.30. The summed E-state index contributed by atoms with van der Waals surface area (Å²) in [6, 6.07) is 6.59. The van der Waals surface area contributed by atoms with E-state index in [0.29, 0.717) is 19.3 Å². The first-order chi connectivity index (χ1) is 10.8. The maximum absolute atomic E-state index is 12.5. The van der Waals surface area contributed by atoms with Gasteiger partial charge in [-0.3, -0.25) is 4.79 Å². The van der Waals surface area contributed by atoms with Crippen LogP contribution in [0.15, 0.2) is 36.9 Å². The number of rotatable bonds is 9. The summed E-state index contributed by atoms with van der Waals surface area (Å²) in [6.45, 7) is 7.16. The van der Waals surface area contributed by atoms with Gasteiger partial charge in [0.15, 0.2) is 0 Å². The summed E-state index contributed by atoms with van der Waals surface area (Å²) in [5.41, 5.74) is 0.157. The molecule has 1 aromatic rings. The quantitative estimate of drug-likeness (QED) is 0.686. The number of carbonyl (C=O) groups excluding carboxylic acids is 1. The fraction of sp³-hybridized carbons (Fsp3) is 0.444. The SMILES string of the molecule is C=CCCC(NC(=O)C(C)(C)Cc1ccccc1OC)C(=O)O. The van der Waals surface area contributed by atoms with Crippen molar-refractivity contribution in [3.63, 3.8) is 0 Å². The van der Waals surface area contributed by atoms with Gasteiger partial charge in [0, 0.05) is 5.41 Å². The van der Waals surface area contributed by atoms with Crippen LogP contribution in [-0.2, 0) is 16.0 Å². The average molecular weight is 319 g/mol. The van der Waals surface area contributed by atoms with Crippen LogP contribution in [0.2, 0.25) is 0 Å². The monoisotopic (exact) mass is 319 g/mol. The van der Waals surface area contributed by atoms with Crippen LogP contribution in [-0.4, -0.2) is 30.1 Å². The molecule has 0 aliphatic heterocycles. The average Bonchev–Trinajstić information content (AvgIpc) is 2.51. The largest absolute Gasteiger partial charge is 0.496 e. The Morgan fingerprint density at radius 1 is 1.39 bits per heavy atom. The fourth-order valence-corrected chi connectivity index (χ4v) is 2.30.